The van der Waals surface area contributed by atoms with Gasteiger partial charge in [0.2, 0.25) is 0 Å². The van der Waals surface area contributed by atoms with Crippen molar-refractivity contribution in [2.45, 2.75) is 50.1 Å². The molecule has 24 heavy (non-hydrogen) atoms. The third kappa shape index (κ3) is 2.66. The van der Waals surface area contributed by atoms with E-state index < -0.39 is 18.0 Å². The quantitative estimate of drug-likeness (QED) is 0.847. The molecule has 0 amide bonds. The van der Waals surface area contributed by atoms with Crippen molar-refractivity contribution in [1.29, 1.82) is 0 Å². The highest BCUT2D eigenvalue weighted by Crippen LogP contribution is 2.54. The molecule has 4 rings (SSSR count). The predicted octanol–water partition coefficient (Wildman–Crippen LogP) is 4.59. The summed E-state index contributed by atoms with van der Waals surface area (Å²) >= 11 is 0. The van der Waals surface area contributed by atoms with Crippen molar-refractivity contribution in [2.75, 3.05) is 0 Å². The predicted molar refractivity (Wildman–Crippen MR) is 89.7 cm³/mol. The number of benzene rings is 2. The van der Waals surface area contributed by atoms with Gasteiger partial charge in [0.25, 0.3) is 0 Å². The summed E-state index contributed by atoms with van der Waals surface area (Å²) in [6, 6.07) is 14.4. The summed E-state index contributed by atoms with van der Waals surface area (Å²) in [4.78, 5) is 0. The van der Waals surface area contributed by atoms with Gasteiger partial charge in [-0.2, -0.15) is 0 Å². The highest BCUT2D eigenvalue weighted by Gasteiger charge is 2.50. The molecule has 1 aliphatic carbocycles. The molecule has 1 saturated heterocycles. The second kappa shape index (κ2) is 6.11. The number of hydrogen-bond acceptors (Lipinski definition) is 4. The van der Waals surface area contributed by atoms with Crippen LogP contribution in [-0.4, -0.2) is 16.0 Å². The smallest absolute Gasteiger partial charge is 0.170 e. The molecule has 1 heterocycles. The van der Waals surface area contributed by atoms with Gasteiger partial charge in [0.1, 0.15) is 23.7 Å². The van der Waals surface area contributed by atoms with E-state index in [9.17, 15) is 10.2 Å². The Morgan fingerprint density at radius 1 is 0.708 bits per heavy atom. The Labute approximate surface area is 141 Å². The molecular formula is C20H22O4. The zero-order valence-corrected chi connectivity index (χ0v) is 13.5. The molecule has 2 aromatic carbocycles. The third-order valence-electron chi connectivity index (χ3n) is 5.06. The average Bonchev–Trinajstić information content (AvgIpc) is 2.95. The first-order valence-corrected chi connectivity index (χ1v) is 8.60. The van der Waals surface area contributed by atoms with E-state index in [4.69, 9.17) is 9.47 Å². The Hall–Kier alpha value is -2.04. The van der Waals surface area contributed by atoms with Gasteiger partial charge in [-0.1, -0.05) is 42.8 Å². The van der Waals surface area contributed by atoms with Crippen molar-refractivity contribution in [3.63, 3.8) is 0 Å². The van der Waals surface area contributed by atoms with Crippen LogP contribution in [0.25, 0.3) is 0 Å². The fourth-order valence-corrected chi connectivity index (χ4v) is 3.85. The van der Waals surface area contributed by atoms with Gasteiger partial charge in [-0.3, -0.25) is 0 Å². The van der Waals surface area contributed by atoms with E-state index in [0.29, 0.717) is 11.1 Å². The van der Waals surface area contributed by atoms with Gasteiger partial charge in [0.05, 0.1) is 0 Å². The SMILES string of the molecule is Oc1ccccc1[C@@H]1OC2(CCCCC2)O[C@H]1c1ccccc1O. The van der Waals surface area contributed by atoms with Crippen molar-refractivity contribution in [2.24, 2.45) is 0 Å². The first-order valence-electron chi connectivity index (χ1n) is 8.60. The van der Waals surface area contributed by atoms with Crippen LogP contribution < -0.4 is 0 Å². The van der Waals surface area contributed by atoms with Crippen LogP contribution in [-0.2, 0) is 9.47 Å². The second-order valence-corrected chi connectivity index (χ2v) is 6.67. The largest absolute Gasteiger partial charge is 0.508 e. The number of hydrogen-bond donors (Lipinski definition) is 2. The van der Waals surface area contributed by atoms with Crippen LogP contribution in [0.15, 0.2) is 48.5 Å². The van der Waals surface area contributed by atoms with Crippen LogP contribution in [0.1, 0.15) is 55.4 Å². The van der Waals surface area contributed by atoms with Crippen LogP contribution in [0.4, 0.5) is 0 Å². The number of ether oxygens (including phenoxy) is 2. The molecular weight excluding hydrogens is 304 g/mol. The molecule has 2 atom stereocenters. The highest BCUT2D eigenvalue weighted by atomic mass is 16.8. The lowest BCUT2D eigenvalue weighted by molar-refractivity contribution is -0.195. The Morgan fingerprint density at radius 3 is 1.62 bits per heavy atom. The molecule has 1 saturated carbocycles. The van der Waals surface area contributed by atoms with Crippen molar-refractivity contribution in [1.82, 2.24) is 0 Å². The maximum absolute atomic E-state index is 10.3. The summed E-state index contributed by atoms with van der Waals surface area (Å²) in [7, 11) is 0. The molecule has 0 radical (unpaired) electrons. The average molecular weight is 326 g/mol. The fourth-order valence-electron chi connectivity index (χ4n) is 3.85. The molecule has 4 heteroatoms. The van der Waals surface area contributed by atoms with Crippen molar-refractivity contribution in [3.8, 4) is 11.5 Å². The minimum Gasteiger partial charge on any atom is -0.508 e. The Bertz CT molecular complexity index is 666. The fraction of sp³-hybridized carbons (Fsp3) is 0.400. The van der Waals surface area contributed by atoms with Gasteiger partial charge in [-0.15, -0.1) is 0 Å². The third-order valence-corrected chi connectivity index (χ3v) is 5.06. The second-order valence-electron chi connectivity index (χ2n) is 6.67. The molecule has 2 aromatic rings. The van der Waals surface area contributed by atoms with Crippen molar-refractivity contribution < 1.29 is 19.7 Å². The van der Waals surface area contributed by atoms with E-state index >= 15 is 0 Å². The number of phenolic OH excluding ortho intramolecular Hbond substituents is 2. The minimum atomic E-state index is -0.613. The summed E-state index contributed by atoms with van der Waals surface area (Å²) in [6.07, 6.45) is 4.16. The van der Waals surface area contributed by atoms with Gasteiger partial charge < -0.3 is 19.7 Å². The molecule has 1 aliphatic heterocycles. The maximum Gasteiger partial charge on any atom is 0.170 e. The lowest BCUT2D eigenvalue weighted by Crippen LogP contribution is -2.32. The van der Waals surface area contributed by atoms with Crippen LogP contribution in [0.5, 0.6) is 11.5 Å². The summed E-state index contributed by atoms with van der Waals surface area (Å²) in [5, 5.41) is 20.6. The topological polar surface area (TPSA) is 58.9 Å². The number of rotatable bonds is 2. The van der Waals surface area contributed by atoms with Gasteiger partial charge in [0.15, 0.2) is 5.79 Å². The Morgan fingerprint density at radius 2 is 1.17 bits per heavy atom. The molecule has 2 fully saturated rings. The van der Waals surface area contributed by atoms with Gasteiger partial charge >= 0.3 is 0 Å². The van der Waals surface area contributed by atoms with E-state index in [0.717, 1.165) is 25.7 Å². The summed E-state index contributed by atoms with van der Waals surface area (Å²) < 4.78 is 12.8. The van der Waals surface area contributed by atoms with Crippen LogP contribution in [0.3, 0.4) is 0 Å². The van der Waals surface area contributed by atoms with E-state index in [1.165, 1.54) is 6.42 Å². The summed E-state index contributed by atoms with van der Waals surface area (Å²) in [5.41, 5.74) is 1.40. The van der Waals surface area contributed by atoms with Gasteiger partial charge in [-0.05, 0) is 25.0 Å². The van der Waals surface area contributed by atoms with E-state index in [1.54, 1.807) is 24.3 Å². The number of phenols is 2. The number of para-hydroxylation sites is 2. The lowest BCUT2D eigenvalue weighted by Gasteiger charge is -2.32. The number of aromatic hydroxyl groups is 2. The normalized spacial score (nSPS) is 25.8. The van der Waals surface area contributed by atoms with Crippen LogP contribution >= 0.6 is 0 Å². The molecule has 4 nitrogen and oxygen atoms in total. The van der Waals surface area contributed by atoms with Crippen molar-refractivity contribution >= 4 is 0 Å². The van der Waals surface area contributed by atoms with E-state index in [2.05, 4.69) is 0 Å². The van der Waals surface area contributed by atoms with Crippen LogP contribution in [0.2, 0.25) is 0 Å². The zero-order valence-electron chi connectivity index (χ0n) is 13.5. The van der Waals surface area contributed by atoms with E-state index in [-0.39, 0.29) is 11.5 Å². The molecule has 0 bridgehead atoms. The summed E-state index contributed by atoms with van der Waals surface area (Å²) in [5.74, 6) is -0.225. The first-order chi connectivity index (χ1) is 11.7. The van der Waals surface area contributed by atoms with Crippen molar-refractivity contribution in [3.05, 3.63) is 59.7 Å². The minimum absolute atomic E-state index is 0.194. The van der Waals surface area contributed by atoms with Gasteiger partial charge in [-0.25, -0.2) is 0 Å². The molecule has 0 aromatic heterocycles. The first kappa shape index (κ1) is 15.5. The summed E-state index contributed by atoms with van der Waals surface area (Å²) in [6.45, 7) is 0. The Kier molecular flexibility index (Phi) is 3.94. The lowest BCUT2D eigenvalue weighted by atomic mass is 9.94. The standard InChI is InChI=1S/C20H22O4/c21-16-10-4-2-8-14(16)18-19(15-9-3-5-11-17(15)22)24-20(23-18)12-6-1-7-13-20/h2-5,8-11,18-19,21-22H,1,6-7,12-13H2/t18-,19-/m0/s1. The van der Waals surface area contributed by atoms with E-state index in [1.807, 2.05) is 24.3 Å². The zero-order chi connectivity index (χ0) is 16.6. The molecule has 0 unspecified atom stereocenters. The van der Waals surface area contributed by atoms with Crippen LogP contribution in [0, 0.1) is 0 Å². The monoisotopic (exact) mass is 326 g/mol. The molecule has 1 spiro atoms. The molecule has 2 N–H and O–H groups in total. The Balaban J connectivity index is 1.76. The molecule has 2 aliphatic rings. The highest BCUT2D eigenvalue weighted by molar-refractivity contribution is 5.40. The molecule has 126 valence electrons. The maximum atomic E-state index is 10.3. The van der Waals surface area contributed by atoms with Gasteiger partial charge in [0, 0.05) is 24.0 Å².